The molecule has 2 heterocycles. The Morgan fingerprint density at radius 3 is 2.75 bits per heavy atom. The van der Waals surface area contributed by atoms with E-state index in [0.717, 1.165) is 31.5 Å². The normalized spacial score (nSPS) is 20.0. The van der Waals surface area contributed by atoms with Crippen molar-refractivity contribution in [3.63, 3.8) is 0 Å². The van der Waals surface area contributed by atoms with Crippen LogP contribution < -0.4 is 4.90 Å². The van der Waals surface area contributed by atoms with Crippen LogP contribution in [0.2, 0.25) is 0 Å². The molecule has 82 valence electrons. The van der Waals surface area contributed by atoms with E-state index in [9.17, 15) is 4.79 Å². The van der Waals surface area contributed by atoms with E-state index < -0.39 is 5.97 Å². The maximum absolute atomic E-state index is 10.8. The van der Waals surface area contributed by atoms with Crippen LogP contribution in [0.15, 0.2) is 30.0 Å². The van der Waals surface area contributed by atoms with E-state index in [0.29, 0.717) is 0 Å². The standard InChI is InChI=1S/C13H13NO2/c15-12(16)8-11-5-4-9-2-1-3-10-6-7-14(11)13(9)10/h1-3,8H,4-7H2,(H,15,16)/b11-8+. The first-order chi connectivity index (χ1) is 7.75. The summed E-state index contributed by atoms with van der Waals surface area (Å²) >= 11 is 0. The molecule has 0 saturated carbocycles. The van der Waals surface area contributed by atoms with Crippen molar-refractivity contribution in [3.8, 4) is 0 Å². The molecule has 0 atom stereocenters. The summed E-state index contributed by atoms with van der Waals surface area (Å²) in [6, 6.07) is 6.39. The van der Waals surface area contributed by atoms with Crippen molar-refractivity contribution in [3.05, 3.63) is 41.1 Å². The van der Waals surface area contributed by atoms with Crippen LogP contribution in [0, 0.1) is 0 Å². The Balaban J connectivity index is 2.09. The van der Waals surface area contributed by atoms with Crippen LogP contribution in [-0.2, 0) is 17.6 Å². The maximum Gasteiger partial charge on any atom is 0.330 e. The van der Waals surface area contributed by atoms with E-state index in [1.54, 1.807) is 0 Å². The number of hydrogen-bond donors (Lipinski definition) is 1. The number of carboxylic acid groups (broad SMARTS) is 1. The zero-order chi connectivity index (χ0) is 11.1. The molecule has 0 bridgehead atoms. The van der Waals surface area contributed by atoms with Crippen molar-refractivity contribution in [2.75, 3.05) is 11.4 Å². The van der Waals surface area contributed by atoms with E-state index in [2.05, 4.69) is 23.1 Å². The summed E-state index contributed by atoms with van der Waals surface area (Å²) in [5, 5.41) is 8.84. The fourth-order valence-electron chi connectivity index (χ4n) is 2.72. The molecular weight excluding hydrogens is 202 g/mol. The summed E-state index contributed by atoms with van der Waals surface area (Å²) in [4.78, 5) is 12.9. The lowest BCUT2D eigenvalue weighted by molar-refractivity contribution is -0.131. The molecule has 3 heteroatoms. The van der Waals surface area contributed by atoms with Crippen LogP contribution in [-0.4, -0.2) is 17.6 Å². The second-order valence-corrected chi connectivity index (χ2v) is 4.30. The topological polar surface area (TPSA) is 40.5 Å². The largest absolute Gasteiger partial charge is 0.478 e. The molecule has 0 saturated heterocycles. The lowest BCUT2D eigenvalue weighted by atomic mass is 9.98. The molecule has 0 spiro atoms. The van der Waals surface area contributed by atoms with Gasteiger partial charge in [-0.25, -0.2) is 4.79 Å². The van der Waals surface area contributed by atoms with Gasteiger partial charge in [-0.3, -0.25) is 0 Å². The zero-order valence-corrected chi connectivity index (χ0v) is 8.94. The molecule has 0 aliphatic carbocycles. The predicted octanol–water partition coefficient (Wildman–Crippen LogP) is 1.96. The number of carboxylic acids is 1. The van der Waals surface area contributed by atoms with Gasteiger partial charge in [-0.2, -0.15) is 0 Å². The van der Waals surface area contributed by atoms with Gasteiger partial charge in [-0.15, -0.1) is 0 Å². The van der Waals surface area contributed by atoms with Gasteiger partial charge < -0.3 is 10.0 Å². The maximum atomic E-state index is 10.8. The third kappa shape index (κ3) is 1.32. The predicted molar refractivity (Wildman–Crippen MR) is 61.5 cm³/mol. The number of nitrogens with zero attached hydrogens (tertiary/aromatic N) is 1. The third-order valence-corrected chi connectivity index (χ3v) is 3.37. The van der Waals surface area contributed by atoms with E-state index in [1.807, 2.05) is 0 Å². The van der Waals surface area contributed by atoms with E-state index in [4.69, 9.17) is 5.11 Å². The molecule has 2 aliphatic rings. The lowest BCUT2D eigenvalue weighted by Gasteiger charge is -2.29. The van der Waals surface area contributed by atoms with Gasteiger partial charge in [0.1, 0.15) is 0 Å². The minimum absolute atomic E-state index is 0.836. The van der Waals surface area contributed by atoms with Crippen molar-refractivity contribution >= 4 is 11.7 Å². The molecular formula is C13H13NO2. The van der Waals surface area contributed by atoms with Crippen LogP contribution in [0.1, 0.15) is 17.5 Å². The van der Waals surface area contributed by atoms with Gasteiger partial charge in [0.2, 0.25) is 0 Å². The highest BCUT2D eigenvalue weighted by Crippen LogP contribution is 2.39. The Morgan fingerprint density at radius 2 is 2.00 bits per heavy atom. The lowest BCUT2D eigenvalue weighted by Crippen LogP contribution is -2.25. The minimum Gasteiger partial charge on any atom is -0.478 e. The quantitative estimate of drug-likeness (QED) is 0.728. The van der Waals surface area contributed by atoms with Gasteiger partial charge in [0, 0.05) is 24.0 Å². The molecule has 1 aromatic rings. The number of benzene rings is 1. The molecule has 2 aliphatic heterocycles. The van der Waals surface area contributed by atoms with Gasteiger partial charge in [-0.05, 0) is 30.4 Å². The van der Waals surface area contributed by atoms with Crippen LogP contribution in [0.4, 0.5) is 5.69 Å². The summed E-state index contributed by atoms with van der Waals surface area (Å²) in [5.41, 5.74) is 4.93. The number of para-hydroxylation sites is 1. The van der Waals surface area contributed by atoms with Gasteiger partial charge in [0.05, 0.1) is 0 Å². The van der Waals surface area contributed by atoms with Crippen LogP contribution in [0.25, 0.3) is 0 Å². The highest BCUT2D eigenvalue weighted by Gasteiger charge is 2.28. The Hall–Kier alpha value is -1.77. The third-order valence-electron chi connectivity index (χ3n) is 3.37. The second-order valence-electron chi connectivity index (χ2n) is 4.30. The van der Waals surface area contributed by atoms with Crippen LogP contribution >= 0.6 is 0 Å². The average Bonchev–Trinajstić information content (AvgIpc) is 2.68. The van der Waals surface area contributed by atoms with E-state index in [1.165, 1.54) is 22.9 Å². The highest BCUT2D eigenvalue weighted by molar-refractivity contribution is 5.83. The Bertz CT molecular complexity index is 491. The number of rotatable bonds is 1. The highest BCUT2D eigenvalue weighted by atomic mass is 16.4. The smallest absolute Gasteiger partial charge is 0.330 e. The van der Waals surface area contributed by atoms with Crippen molar-refractivity contribution in [1.82, 2.24) is 0 Å². The molecule has 0 aromatic heterocycles. The summed E-state index contributed by atoms with van der Waals surface area (Å²) in [5.74, 6) is -0.845. The average molecular weight is 215 g/mol. The SMILES string of the molecule is O=C(O)/C=C1\CCc2cccc3c2N1CC3. The second kappa shape index (κ2) is 3.37. The van der Waals surface area contributed by atoms with Crippen molar-refractivity contribution in [2.24, 2.45) is 0 Å². The molecule has 1 N–H and O–H groups in total. The van der Waals surface area contributed by atoms with Crippen molar-refractivity contribution in [2.45, 2.75) is 19.3 Å². The van der Waals surface area contributed by atoms with Crippen LogP contribution in [0.5, 0.6) is 0 Å². The molecule has 0 fully saturated rings. The molecule has 3 rings (SSSR count). The molecule has 16 heavy (non-hydrogen) atoms. The zero-order valence-electron chi connectivity index (χ0n) is 8.94. The summed E-state index contributed by atoms with van der Waals surface area (Å²) in [6.45, 7) is 0.922. The Kier molecular flexibility index (Phi) is 1.99. The minimum atomic E-state index is -0.845. The Morgan fingerprint density at radius 1 is 1.25 bits per heavy atom. The molecule has 1 aromatic carbocycles. The molecule has 3 nitrogen and oxygen atoms in total. The molecule has 0 unspecified atom stereocenters. The summed E-state index contributed by atoms with van der Waals surface area (Å²) in [6.07, 6.45) is 4.17. The molecule has 0 amide bonds. The fraction of sp³-hybridized carbons (Fsp3) is 0.308. The van der Waals surface area contributed by atoms with Gasteiger partial charge in [-0.1, -0.05) is 18.2 Å². The van der Waals surface area contributed by atoms with E-state index in [-0.39, 0.29) is 0 Å². The van der Waals surface area contributed by atoms with Gasteiger partial charge >= 0.3 is 5.97 Å². The first-order valence-corrected chi connectivity index (χ1v) is 5.57. The number of anilines is 1. The first-order valence-electron chi connectivity index (χ1n) is 5.57. The first kappa shape index (κ1) is 9.46. The Labute approximate surface area is 94.0 Å². The van der Waals surface area contributed by atoms with Crippen molar-refractivity contribution < 1.29 is 9.90 Å². The number of carbonyl (C=O) groups is 1. The van der Waals surface area contributed by atoms with Crippen molar-refractivity contribution in [1.29, 1.82) is 0 Å². The van der Waals surface area contributed by atoms with Crippen LogP contribution in [0.3, 0.4) is 0 Å². The number of allylic oxidation sites excluding steroid dienone is 1. The number of aliphatic carboxylic acids is 1. The fourth-order valence-corrected chi connectivity index (χ4v) is 2.72. The number of aryl methyl sites for hydroxylation is 1. The number of hydrogen-bond acceptors (Lipinski definition) is 2. The monoisotopic (exact) mass is 215 g/mol. The summed E-state index contributed by atoms with van der Waals surface area (Å²) < 4.78 is 0. The summed E-state index contributed by atoms with van der Waals surface area (Å²) in [7, 11) is 0. The van der Waals surface area contributed by atoms with Gasteiger partial charge in [0.25, 0.3) is 0 Å². The van der Waals surface area contributed by atoms with E-state index >= 15 is 0 Å². The molecule has 0 radical (unpaired) electrons. The van der Waals surface area contributed by atoms with Gasteiger partial charge in [0.15, 0.2) is 0 Å².